The van der Waals surface area contributed by atoms with E-state index in [1.807, 2.05) is 31.4 Å². The van der Waals surface area contributed by atoms with Crippen molar-refractivity contribution < 1.29 is 19.4 Å². The number of rotatable bonds is 6. The zero-order valence-electron chi connectivity index (χ0n) is 17.5. The maximum absolute atomic E-state index is 13.1. The molecule has 1 aromatic carbocycles. The molecule has 1 N–H and O–H groups in total. The summed E-state index contributed by atoms with van der Waals surface area (Å²) in [7, 11) is 0. The fraction of sp³-hybridized carbons (Fsp3) is 0.208. The van der Waals surface area contributed by atoms with Gasteiger partial charge in [-0.3, -0.25) is 14.6 Å². The van der Waals surface area contributed by atoms with Gasteiger partial charge in [-0.05, 0) is 60.7 Å². The van der Waals surface area contributed by atoms with Crippen molar-refractivity contribution in [3.05, 3.63) is 86.3 Å². The highest BCUT2D eigenvalue weighted by molar-refractivity contribution is 7.10. The van der Waals surface area contributed by atoms with E-state index in [0.29, 0.717) is 22.9 Å². The number of hydrogen-bond donors (Lipinski definition) is 1. The van der Waals surface area contributed by atoms with E-state index in [9.17, 15) is 14.7 Å². The van der Waals surface area contributed by atoms with Crippen LogP contribution in [0.1, 0.15) is 34.5 Å². The molecule has 6 nitrogen and oxygen atoms in total. The molecule has 1 aliphatic rings. The van der Waals surface area contributed by atoms with Crippen molar-refractivity contribution in [1.82, 2.24) is 9.88 Å². The summed E-state index contributed by atoms with van der Waals surface area (Å²) in [4.78, 5) is 32.6. The number of hydrogen-bond acceptors (Lipinski definition) is 6. The Morgan fingerprint density at radius 2 is 2.09 bits per heavy atom. The molecule has 0 aliphatic carbocycles. The molecule has 4 rings (SSSR count). The van der Waals surface area contributed by atoms with Crippen molar-refractivity contribution in [2.24, 2.45) is 0 Å². The number of amides is 1. The highest BCUT2D eigenvalue weighted by Gasteiger charge is 2.47. The molecule has 1 atom stereocenters. The van der Waals surface area contributed by atoms with Crippen LogP contribution in [0.3, 0.4) is 0 Å². The molecule has 1 amide bonds. The molecule has 32 heavy (non-hydrogen) atoms. The molecule has 164 valence electrons. The fourth-order valence-corrected chi connectivity index (χ4v) is 4.96. The zero-order valence-corrected chi connectivity index (χ0v) is 19.1. The summed E-state index contributed by atoms with van der Waals surface area (Å²) >= 11 is 7.62. The van der Waals surface area contributed by atoms with Crippen molar-refractivity contribution >= 4 is 40.4 Å². The number of Topliss-reactive ketones (excluding diaryl/α,β-unsaturated/α-hetero) is 1. The van der Waals surface area contributed by atoms with Crippen LogP contribution in [0.15, 0.2) is 59.7 Å². The third kappa shape index (κ3) is 4.01. The van der Waals surface area contributed by atoms with Crippen LogP contribution in [0.25, 0.3) is 5.76 Å². The largest absolute Gasteiger partial charge is 0.507 e. The van der Waals surface area contributed by atoms with Gasteiger partial charge in [0.1, 0.15) is 17.6 Å². The Hall–Kier alpha value is -3.16. The summed E-state index contributed by atoms with van der Waals surface area (Å²) in [5.41, 5.74) is 2.14. The lowest BCUT2D eigenvalue weighted by molar-refractivity contribution is -0.140. The van der Waals surface area contributed by atoms with Gasteiger partial charge in [0, 0.05) is 29.4 Å². The second-order valence-corrected chi connectivity index (χ2v) is 8.69. The van der Waals surface area contributed by atoms with Crippen LogP contribution >= 0.6 is 22.9 Å². The normalized spacial score (nSPS) is 17.7. The Balaban J connectivity index is 1.86. The van der Waals surface area contributed by atoms with Crippen LogP contribution in [0.4, 0.5) is 0 Å². The molecule has 1 fully saturated rings. The number of ether oxygens (including phenoxy) is 1. The molecule has 3 heterocycles. The van der Waals surface area contributed by atoms with E-state index in [1.165, 1.54) is 16.2 Å². The molecule has 0 radical (unpaired) electrons. The fourth-order valence-electron chi connectivity index (χ4n) is 3.74. The van der Waals surface area contributed by atoms with Crippen molar-refractivity contribution in [2.45, 2.75) is 26.4 Å². The number of aryl methyl sites for hydroxylation is 1. The molecule has 2 aromatic heterocycles. The van der Waals surface area contributed by atoms with Crippen LogP contribution in [-0.4, -0.2) is 33.3 Å². The number of aromatic nitrogens is 1. The molecule has 0 bridgehead atoms. The quantitative estimate of drug-likeness (QED) is 0.308. The van der Waals surface area contributed by atoms with Crippen LogP contribution in [0, 0.1) is 6.92 Å². The maximum atomic E-state index is 13.1. The first-order valence-corrected chi connectivity index (χ1v) is 11.3. The second kappa shape index (κ2) is 9.14. The highest BCUT2D eigenvalue weighted by atomic mass is 35.5. The van der Waals surface area contributed by atoms with Gasteiger partial charge in [0.15, 0.2) is 0 Å². The predicted molar refractivity (Wildman–Crippen MR) is 124 cm³/mol. The van der Waals surface area contributed by atoms with Crippen LogP contribution in [0.5, 0.6) is 5.75 Å². The van der Waals surface area contributed by atoms with Gasteiger partial charge in [0.05, 0.1) is 17.2 Å². The second-order valence-electron chi connectivity index (χ2n) is 7.33. The number of likely N-dealkylation sites (tertiary alicyclic amines) is 1. The minimum absolute atomic E-state index is 0.0502. The predicted octanol–water partition coefficient (Wildman–Crippen LogP) is 5.13. The van der Waals surface area contributed by atoms with Crippen LogP contribution in [-0.2, 0) is 16.1 Å². The molecule has 8 heteroatoms. The topological polar surface area (TPSA) is 79.7 Å². The van der Waals surface area contributed by atoms with Gasteiger partial charge in [0.2, 0.25) is 0 Å². The lowest BCUT2D eigenvalue weighted by atomic mass is 9.98. The lowest BCUT2D eigenvalue weighted by Crippen LogP contribution is -2.29. The minimum atomic E-state index is -0.725. The smallest absolute Gasteiger partial charge is 0.295 e. The first-order valence-electron chi connectivity index (χ1n) is 10.1. The number of aliphatic hydroxyl groups is 1. The van der Waals surface area contributed by atoms with Gasteiger partial charge in [-0.15, -0.1) is 11.3 Å². The summed E-state index contributed by atoms with van der Waals surface area (Å²) in [5.74, 6) is -1.25. The molecule has 1 unspecified atom stereocenters. The number of carbonyl (C=O) groups excluding carboxylic acids is 2. The third-order valence-electron chi connectivity index (χ3n) is 5.27. The van der Waals surface area contributed by atoms with Crippen LogP contribution in [0.2, 0.25) is 5.02 Å². The maximum Gasteiger partial charge on any atom is 0.295 e. The molecule has 1 saturated heterocycles. The number of aliphatic hydroxyl groups excluding tert-OH is 1. The number of ketones is 1. The Kier molecular flexibility index (Phi) is 6.30. The SMILES string of the molecule is CCOc1cc(/C(O)=C2/C(=O)C(=O)N(Cc3cccnc3)C2c2sccc2C)ccc1Cl. The highest BCUT2D eigenvalue weighted by Crippen LogP contribution is 2.43. The van der Waals surface area contributed by atoms with Crippen molar-refractivity contribution in [1.29, 1.82) is 0 Å². The van der Waals surface area contributed by atoms with Crippen molar-refractivity contribution in [3.8, 4) is 5.75 Å². The Morgan fingerprint density at radius 1 is 1.28 bits per heavy atom. The van der Waals surface area contributed by atoms with E-state index >= 15 is 0 Å². The summed E-state index contributed by atoms with van der Waals surface area (Å²) in [6, 6.07) is 9.62. The molecular formula is C24H21ClN2O4S. The molecule has 1 aliphatic heterocycles. The third-order valence-corrected chi connectivity index (χ3v) is 6.65. The number of halogens is 1. The van der Waals surface area contributed by atoms with Gasteiger partial charge >= 0.3 is 0 Å². The standard InChI is InChI=1S/C24H21ClN2O4S/c1-3-31-18-11-16(6-7-17(18)25)21(28)19-20(23-14(2)8-10-32-23)27(24(30)22(19)29)13-15-5-4-9-26-12-15/h4-12,20,28H,3,13H2,1-2H3/b21-19-. The zero-order chi connectivity index (χ0) is 22.8. The molecular weight excluding hydrogens is 448 g/mol. The van der Waals surface area contributed by atoms with E-state index in [1.54, 1.807) is 36.7 Å². The van der Waals surface area contributed by atoms with Gasteiger partial charge in [-0.2, -0.15) is 0 Å². The monoisotopic (exact) mass is 468 g/mol. The Morgan fingerprint density at radius 3 is 2.75 bits per heavy atom. The van der Waals surface area contributed by atoms with E-state index in [4.69, 9.17) is 16.3 Å². The summed E-state index contributed by atoms with van der Waals surface area (Å²) in [6.07, 6.45) is 3.31. The van der Waals surface area contributed by atoms with Gasteiger partial charge in [-0.25, -0.2) is 0 Å². The van der Waals surface area contributed by atoms with Gasteiger partial charge < -0.3 is 14.7 Å². The molecule has 3 aromatic rings. The average Bonchev–Trinajstić information content (AvgIpc) is 3.31. The summed E-state index contributed by atoms with van der Waals surface area (Å²) in [6.45, 7) is 4.34. The first kappa shape index (κ1) is 22.0. The summed E-state index contributed by atoms with van der Waals surface area (Å²) in [5, 5.41) is 13.5. The number of pyridine rings is 1. The molecule has 0 saturated carbocycles. The number of nitrogens with zero attached hydrogens (tertiary/aromatic N) is 2. The van der Waals surface area contributed by atoms with Crippen molar-refractivity contribution in [2.75, 3.05) is 6.61 Å². The molecule has 0 spiro atoms. The Bertz CT molecular complexity index is 1210. The van der Waals surface area contributed by atoms with Crippen LogP contribution < -0.4 is 4.74 Å². The number of benzene rings is 1. The van der Waals surface area contributed by atoms with Crippen molar-refractivity contribution in [3.63, 3.8) is 0 Å². The number of thiophene rings is 1. The van der Waals surface area contributed by atoms with E-state index < -0.39 is 17.7 Å². The van der Waals surface area contributed by atoms with Gasteiger partial charge in [-0.1, -0.05) is 17.7 Å². The lowest BCUT2D eigenvalue weighted by Gasteiger charge is -2.25. The van der Waals surface area contributed by atoms with E-state index in [0.717, 1.165) is 16.0 Å². The first-order chi connectivity index (χ1) is 15.4. The van der Waals surface area contributed by atoms with E-state index in [-0.39, 0.29) is 17.9 Å². The summed E-state index contributed by atoms with van der Waals surface area (Å²) < 4.78 is 5.52. The Labute approximate surface area is 194 Å². The average molecular weight is 469 g/mol. The number of carbonyl (C=O) groups is 2. The van der Waals surface area contributed by atoms with E-state index in [2.05, 4.69) is 4.98 Å². The van der Waals surface area contributed by atoms with Gasteiger partial charge in [0.25, 0.3) is 11.7 Å². The minimum Gasteiger partial charge on any atom is -0.507 e.